The van der Waals surface area contributed by atoms with Crippen LogP contribution in [0.5, 0.6) is 0 Å². The fourth-order valence-electron chi connectivity index (χ4n) is 1.17. The van der Waals surface area contributed by atoms with Gasteiger partial charge in [-0.1, -0.05) is 0 Å². The Morgan fingerprint density at radius 1 is 1.75 bits per heavy atom. The van der Waals surface area contributed by atoms with Crippen LogP contribution in [-0.4, -0.2) is 21.5 Å². The SMILES string of the molecule is Cc1c([C@H](N)CCO)cnn1C. The molecule has 1 atom stereocenters. The van der Waals surface area contributed by atoms with Gasteiger partial charge in [0.2, 0.25) is 0 Å². The first kappa shape index (κ1) is 9.22. The second-order valence-corrected chi connectivity index (χ2v) is 2.93. The summed E-state index contributed by atoms with van der Waals surface area (Å²) < 4.78 is 1.78. The smallest absolute Gasteiger partial charge is 0.0540 e. The van der Waals surface area contributed by atoms with E-state index in [1.54, 1.807) is 10.9 Å². The maximum absolute atomic E-state index is 8.69. The highest BCUT2D eigenvalue weighted by atomic mass is 16.3. The third-order valence-electron chi connectivity index (χ3n) is 2.11. The van der Waals surface area contributed by atoms with E-state index < -0.39 is 0 Å². The second-order valence-electron chi connectivity index (χ2n) is 2.93. The Labute approximate surface area is 72.0 Å². The number of hydrogen-bond acceptors (Lipinski definition) is 3. The standard InChI is InChI=1S/C8H15N3O/c1-6-7(5-10-11(6)2)8(9)3-4-12/h5,8,12H,3-4,9H2,1-2H3/t8-/m1/s1. The quantitative estimate of drug-likeness (QED) is 0.675. The van der Waals surface area contributed by atoms with E-state index in [1.807, 2.05) is 14.0 Å². The van der Waals surface area contributed by atoms with Crippen molar-refractivity contribution in [1.82, 2.24) is 9.78 Å². The normalized spacial score (nSPS) is 13.3. The molecule has 1 rings (SSSR count). The van der Waals surface area contributed by atoms with Crippen LogP contribution in [0.4, 0.5) is 0 Å². The molecule has 0 saturated carbocycles. The van der Waals surface area contributed by atoms with Gasteiger partial charge < -0.3 is 10.8 Å². The second kappa shape index (κ2) is 3.69. The van der Waals surface area contributed by atoms with Crippen molar-refractivity contribution in [3.05, 3.63) is 17.5 Å². The predicted molar refractivity (Wildman–Crippen MR) is 46.6 cm³/mol. The average molecular weight is 169 g/mol. The molecule has 0 aliphatic rings. The molecular formula is C8H15N3O. The van der Waals surface area contributed by atoms with Gasteiger partial charge in [0.15, 0.2) is 0 Å². The zero-order valence-corrected chi connectivity index (χ0v) is 7.49. The van der Waals surface area contributed by atoms with Crippen molar-refractivity contribution in [2.75, 3.05) is 6.61 Å². The summed E-state index contributed by atoms with van der Waals surface area (Å²) in [5.41, 5.74) is 7.89. The maximum Gasteiger partial charge on any atom is 0.0540 e. The number of aromatic nitrogens is 2. The molecule has 1 aromatic heterocycles. The fourth-order valence-corrected chi connectivity index (χ4v) is 1.17. The summed E-state index contributed by atoms with van der Waals surface area (Å²) in [7, 11) is 1.88. The predicted octanol–water partition coefficient (Wildman–Crippen LogP) is 0.111. The zero-order valence-electron chi connectivity index (χ0n) is 7.49. The summed E-state index contributed by atoms with van der Waals surface area (Å²) in [6.45, 7) is 2.09. The lowest BCUT2D eigenvalue weighted by Gasteiger charge is -2.08. The van der Waals surface area contributed by atoms with Crippen molar-refractivity contribution in [3.63, 3.8) is 0 Å². The topological polar surface area (TPSA) is 64.1 Å². The van der Waals surface area contributed by atoms with Gasteiger partial charge in [-0.25, -0.2) is 0 Å². The monoisotopic (exact) mass is 169 g/mol. The minimum absolute atomic E-state index is 0.0938. The van der Waals surface area contributed by atoms with Crippen LogP contribution >= 0.6 is 0 Å². The van der Waals surface area contributed by atoms with E-state index >= 15 is 0 Å². The Kier molecular flexibility index (Phi) is 2.83. The van der Waals surface area contributed by atoms with E-state index in [0.29, 0.717) is 6.42 Å². The van der Waals surface area contributed by atoms with Gasteiger partial charge in [0.25, 0.3) is 0 Å². The highest BCUT2D eigenvalue weighted by molar-refractivity contribution is 5.19. The molecule has 1 heterocycles. The number of nitrogens with zero attached hydrogens (tertiary/aromatic N) is 2. The van der Waals surface area contributed by atoms with E-state index in [0.717, 1.165) is 11.3 Å². The van der Waals surface area contributed by atoms with Crippen molar-refractivity contribution in [3.8, 4) is 0 Å². The van der Waals surface area contributed by atoms with Gasteiger partial charge in [-0.2, -0.15) is 5.10 Å². The first-order valence-corrected chi connectivity index (χ1v) is 4.01. The summed E-state index contributed by atoms with van der Waals surface area (Å²) in [5.74, 6) is 0. The molecule has 68 valence electrons. The van der Waals surface area contributed by atoms with E-state index in [4.69, 9.17) is 10.8 Å². The van der Waals surface area contributed by atoms with Gasteiger partial charge in [0.1, 0.15) is 0 Å². The van der Waals surface area contributed by atoms with Crippen LogP contribution in [0, 0.1) is 6.92 Å². The number of nitrogens with two attached hydrogens (primary N) is 1. The summed E-state index contributed by atoms with van der Waals surface area (Å²) in [5, 5.41) is 12.8. The van der Waals surface area contributed by atoms with Crippen LogP contribution in [0.3, 0.4) is 0 Å². The number of aryl methyl sites for hydroxylation is 1. The first-order valence-electron chi connectivity index (χ1n) is 4.01. The number of rotatable bonds is 3. The molecule has 0 saturated heterocycles. The summed E-state index contributed by atoms with van der Waals surface area (Å²) >= 11 is 0. The van der Waals surface area contributed by atoms with Crippen LogP contribution in [0.2, 0.25) is 0 Å². The molecule has 1 aromatic rings. The van der Waals surface area contributed by atoms with Crippen LogP contribution < -0.4 is 5.73 Å². The number of aliphatic hydroxyl groups excluding tert-OH is 1. The lowest BCUT2D eigenvalue weighted by Crippen LogP contribution is -2.12. The minimum Gasteiger partial charge on any atom is -0.396 e. The van der Waals surface area contributed by atoms with Crippen molar-refractivity contribution < 1.29 is 5.11 Å². The van der Waals surface area contributed by atoms with E-state index in [9.17, 15) is 0 Å². The average Bonchev–Trinajstić information content (AvgIpc) is 2.34. The Morgan fingerprint density at radius 3 is 2.83 bits per heavy atom. The molecule has 0 radical (unpaired) electrons. The van der Waals surface area contributed by atoms with Crippen LogP contribution in [0.1, 0.15) is 23.7 Å². The number of aliphatic hydroxyl groups is 1. The minimum atomic E-state index is -0.0938. The summed E-state index contributed by atoms with van der Waals surface area (Å²) in [4.78, 5) is 0. The van der Waals surface area contributed by atoms with Crippen LogP contribution in [-0.2, 0) is 7.05 Å². The van der Waals surface area contributed by atoms with Gasteiger partial charge in [-0.15, -0.1) is 0 Å². The fraction of sp³-hybridized carbons (Fsp3) is 0.625. The van der Waals surface area contributed by atoms with Gasteiger partial charge in [0.05, 0.1) is 6.20 Å². The first-order chi connectivity index (χ1) is 5.66. The summed E-state index contributed by atoms with van der Waals surface area (Å²) in [6, 6.07) is -0.0938. The summed E-state index contributed by atoms with van der Waals surface area (Å²) in [6.07, 6.45) is 2.35. The largest absolute Gasteiger partial charge is 0.396 e. The van der Waals surface area contributed by atoms with Gasteiger partial charge >= 0.3 is 0 Å². The third-order valence-corrected chi connectivity index (χ3v) is 2.11. The van der Waals surface area contributed by atoms with Crippen LogP contribution in [0.15, 0.2) is 6.20 Å². The molecule has 4 nitrogen and oxygen atoms in total. The molecule has 0 bridgehead atoms. The molecule has 0 aliphatic carbocycles. The van der Waals surface area contributed by atoms with E-state index in [2.05, 4.69) is 5.10 Å². The van der Waals surface area contributed by atoms with Crippen molar-refractivity contribution in [2.45, 2.75) is 19.4 Å². The highest BCUT2D eigenvalue weighted by Crippen LogP contribution is 2.16. The molecular weight excluding hydrogens is 154 g/mol. The molecule has 0 aromatic carbocycles. The van der Waals surface area contributed by atoms with E-state index in [1.165, 1.54) is 0 Å². The molecule has 0 aliphatic heterocycles. The van der Waals surface area contributed by atoms with Crippen molar-refractivity contribution in [1.29, 1.82) is 0 Å². The molecule has 0 fully saturated rings. The van der Waals surface area contributed by atoms with E-state index in [-0.39, 0.29) is 12.6 Å². The molecule has 0 unspecified atom stereocenters. The lowest BCUT2D eigenvalue weighted by molar-refractivity contribution is 0.276. The Morgan fingerprint density at radius 2 is 2.42 bits per heavy atom. The highest BCUT2D eigenvalue weighted by Gasteiger charge is 2.11. The molecule has 12 heavy (non-hydrogen) atoms. The van der Waals surface area contributed by atoms with Crippen LogP contribution in [0.25, 0.3) is 0 Å². The van der Waals surface area contributed by atoms with Gasteiger partial charge in [-0.3, -0.25) is 4.68 Å². The number of hydrogen-bond donors (Lipinski definition) is 2. The van der Waals surface area contributed by atoms with Gasteiger partial charge in [0, 0.05) is 31.0 Å². The molecule has 4 heteroatoms. The van der Waals surface area contributed by atoms with Gasteiger partial charge in [-0.05, 0) is 13.3 Å². The molecule has 0 spiro atoms. The Bertz CT molecular complexity index is 257. The third kappa shape index (κ3) is 1.65. The van der Waals surface area contributed by atoms with Crippen molar-refractivity contribution >= 4 is 0 Å². The lowest BCUT2D eigenvalue weighted by atomic mass is 10.1. The molecule has 3 N–H and O–H groups in total. The zero-order chi connectivity index (χ0) is 9.14. The maximum atomic E-state index is 8.69. The molecule has 0 amide bonds. The Balaban J connectivity index is 2.80. The Hall–Kier alpha value is -0.870. The van der Waals surface area contributed by atoms with Crippen molar-refractivity contribution in [2.24, 2.45) is 12.8 Å².